The van der Waals surface area contributed by atoms with Crippen LogP contribution in [0.5, 0.6) is 0 Å². The standard InChI is InChI=1S/C9H11N3O/c1-3-7(4-2)12-8-5-9(13)11-6-10-8/h1,5-7H,4H2,2H3,(H2,10,11,12,13). The molecule has 0 aliphatic carbocycles. The van der Waals surface area contributed by atoms with E-state index < -0.39 is 0 Å². The molecule has 0 aliphatic rings. The summed E-state index contributed by atoms with van der Waals surface area (Å²) in [5.74, 6) is 3.06. The van der Waals surface area contributed by atoms with Gasteiger partial charge in [-0.3, -0.25) is 4.79 Å². The lowest BCUT2D eigenvalue weighted by atomic mass is 10.2. The first kappa shape index (κ1) is 9.33. The number of hydrogen-bond acceptors (Lipinski definition) is 3. The molecule has 0 amide bonds. The molecule has 1 atom stereocenters. The Morgan fingerprint density at radius 2 is 2.62 bits per heavy atom. The third-order valence-corrected chi connectivity index (χ3v) is 1.61. The maximum atomic E-state index is 10.9. The third kappa shape index (κ3) is 2.64. The highest BCUT2D eigenvalue weighted by Gasteiger charge is 2.01. The van der Waals surface area contributed by atoms with Crippen molar-refractivity contribution in [2.24, 2.45) is 0 Å². The molecule has 0 saturated carbocycles. The fraction of sp³-hybridized carbons (Fsp3) is 0.333. The van der Waals surface area contributed by atoms with E-state index in [4.69, 9.17) is 6.42 Å². The van der Waals surface area contributed by atoms with Gasteiger partial charge in [0.25, 0.3) is 5.56 Å². The summed E-state index contributed by atoms with van der Waals surface area (Å²) in [6.07, 6.45) is 7.38. The number of terminal acetylenes is 1. The van der Waals surface area contributed by atoms with E-state index in [2.05, 4.69) is 21.2 Å². The minimum atomic E-state index is -0.190. The second-order valence-corrected chi connectivity index (χ2v) is 2.57. The van der Waals surface area contributed by atoms with Crippen LogP contribution in [0.25, 0.3) is 0 Å². The van der Waals surface area contributed by atoms with Crippen LogP contribution < -0.4 is 10.9 Å². The Bertz CT molecular complexity index is 364. The van der Waals surface area contributed by atoms with Gasteiger partial charge in [-0.1, -0.05) is 12.8 Å². The molecule has 0 radical (unpaired) electrons. The average molecular weight is 177 g/mol. The molecule has 0 saturated heterocycles. The number of H-pyrrole nitrogens is 1. The number of nitrogens with zero attached hydrogens (tertiary/aromatic N) is 1. The zero-order valence-electron chi connectivity index (χ0n) is 7.37. The van der Waals surface area contributed by atoms with Gasteiger partial charge in [0.2, 0.25) is 0 Å². The molecule has 1 heterocycles. The molecule has 13 heavy (non-hydrogen) atoms. The highest BCUT2D eigenvalue weighted by atomic mass is 16.1. The van der Waals surface area contributed by atoms with Gasteiger partial charge in [0.1, 0.15) is 5.82 Å². The van der Waals surface area contributed by atoms with Gasteiger partial charge in [0.15, 0.2) is 0 Å². The van der Waals surface area contributed by atoms with Crippen molar-refractivity contribution in [1.82, 2.24) is 9.97 Å². The smallest absolute Gasteiger partial charge is 0.252 e. The van der Waals surface area contributed by atoms with Crippen LogP contribution in [-0.2, 0) is 0 Å². The van der Waals surface area contributed by atoms with E-state index in [9.17, 15) is 4.79 Å². The van der Waals surface area contributed by atoms with Crippen molar-refractivity contribution in [3.05, 3.63) is 22.7 Å². The summed E-state index contributed by atoms with van der Waals surface area (Å²) in [5, 5.41) is 2.95. The van der Waals surface area contributed by atoms with Gasteiger partial charge >= 0.3 is 0 Å². The lowest BCUT2D eigenvalue weighted by molar-refractivity contribution is 0.848. The highest BCUT2D eigenvalue weighted by molar-refractivity contribution is 5.35. The Morgan fingerprint density at radius 3 is 3.15 bits per heavy atom. The summed E-state index contributed by atoms with van der Waals surface area (Å²) in [6.45, 7) is 1.96. The van der Waals surface area contributed by atoms with Gasteiger partial charge in [-0.2, -0.15) is 0 Å². The summed E-state index contributed by atoms with van der Waals surface area (Å²) < 4.78 is 0. The molecule has 1 aromatic heterocycles. The zero-order chi connectivity index (χ0) is 9.68. The van der Waals surface area contributed by atoms with Crippen molar-refractivity contribution in [2.75, 3.05) is 5.32 Å². The van der Waals surface area contributed by atoms with E-state index in [-0.39, 0.29) is 11.6 Å². The van der Waals surface area contributed by atoms with Gasteiger partial charge in [0, 0.05) is 6.07 Å². The number of hydrogen-bond donors (Lipinski definition) is 2. The fourth-order valence-corrected chi connectivity index (χ4v) is 0.888. The van der Waals surface area contributed by atoms with Crippen molar-refractivity contribution < 1.29 is 0 Å². The zero-order valence-corrected chi connectivity index (χ0v) is 7.37. The van der Waals surface area contributed by atoms with E-state index in [0.717, 1.165) is 6.42 Å². The van der Waals surface area contributed by atoms with Crippen molar-refractivity contribution in [3.8, 4) is 12.3 Å². The van der Waals surface area contributed by atoms with Crippen LogP contribution in [0.3, 0.4) is 0 Å². The normalized spacial score (nSPS) is 11.7. The Balaban J connectivity index is 2.75. The predicted octanol–water partition coefficient (Wildman–Crippen LogP) is 0.594. The molecule has 68 valence electrons. The topological polar surface area (TPSA) is 57.8 Å². The summed E-state index contributed by atoms with van der Waals surface area (Å²) >= 11 is 0. The molecule has 1 aromatic rings. The van der Waals surface area contributed by atoms with Crippen LogP contribution in [0.2, 0.25) is 0 Å². The third-order valence-electron chi connectivity index (χ3n) is 1.61. The summed E-state index contributed by atoms with van der Waals surface area (Å²) in [7, 11) is 0. The Morgan fingerprint density at radius 1 is 1.85 bits per heavy atom. The second kappa shape index (κ2) is 4.31. The monoisotopic (exact) mass is 177 g/mol. The maximum absolute atomic E-state index is 10.9. The van der Waals surface area contributed by atoms with Gasteiger partial charge in [0.05, 0.1) is 12.4 Å². The van der Waals surface area contributed by atoms with Crippen molar-refractivity contribution in [3.63, 3.8) is 0 Å². The Kier molecular flexibility index (Phi) is 3.09. The average Bonchev–Trinajstić information content (AvgIpc) is 2.14. The second-order valence-electron chi connectivity index (χ2n) is 2.57. The first-order valence-electron chi connectivity index (χ1n) is 4.03. The Hall–Kier alpha value is -1.76. The van der Waals surface area contributed by atoms with Crippen LogP contribution >= 0.6 is 0 Å². The molecule has 1 unspecified atom stereocenters. The van der Waals surface area contributed by atoms with Crippen LogP contribution in [0.15, 0.2) is 17.2 Å². The van der Waals surface area contributed by atoms with Crippen molar-refractivity contribution in [1.29, 1.82) is 0 Å². The van der Waals surface area contributed by atoms with E-state index in [1.54, 1.807) is 0 Å². The Labute approximate surface area is 76.4 Å². The molecule has 0 spiro atoms. The largest absolute Gasteiger partial charge is 0.356 e. The van der Waals surface area contributed by atoms with E-state index >= 15 is 0 Å². The number of aromatic nitrogens is 2. The summed E-state index contributed by atoms with van der Waals surface area (Å²) in [4.78, 5) is 17.2. The summed E-state index contributed by atoms with van der Waals surface area (Å²) in [5.41, 5.74) is -0.190. The highest BCUT2D eigenvalue weighted by Crippen LogP contribution is 2.00. The van der Waals surface area contributed by atoms with Crippen LogP contribution in [0, 0.1) is 12.3 Å². The van der Waals surface area contributed by atoms with E-state index in [1.165, 1.54) is 12.4 Å². The van der Waals surface area contributed by atoms with E-state index in [0.29, 0.717) is 5.82 Å². The number of rotatable bonds is 3. The molecular weight excluding hydrogens is 166 g/mol. The molecular formula is C9H11N3O. The first-order chi connectivity index (χ1) is 6.26. The number of aromatic amines is 1. The SMILES string of the molecule is C#CC(CC)Nc1cc(=O)[nH]cn1. The van der Waals surface area contributed by atoms with Crippen LogP contribution in [0.1, 0.15) is 13.3 Å². The van der Waals surface area contributed by atoms with Gasteiger partial charge < -0.3 is 10.3 Å². The van der Waals surface area contributed by atoms with Crippen LogP contribution in [-0.4, -0.2) is 16.0 Å². The molecule has 4 heteroatoms. The van der Waals surface area contributed by atoms with Crippen molar-refractivity contribution in [2.45, 2.75) is 19.4 Å². The minimum Gasteiger partial charge on any atom is -0.356 e. The fourth-order valence-electron chi connectivity index (χ4n) is 0.888. The molecule has 0 fully saturated rings. The number of nitrogens with one attached hydrogen (secondary N) is 2. The van der Waals surface area contributed by atoms with Crippen molar-refractivity contribution >= 4 is 5.82 Å². The lowest BCUT2D eigenvalue weighted by Gasteiger charge is -2.09. The first-order valence-corrected chi connectivity index (χ1v) is 4.03. The number of anilines is 1. The van der Waals surface area contributed by atoms with Gasteiger partial charge in [-0.25, -0.2) is 4.98 Å². The lowest BCUT2D eigenvalue weighted by Crippen LogP contribution is -2.18. The predicted molar refractivity (Wildman–Crippen MR) is 51.4 cm³/mol. The van der Waals surface area contributed by atoms with Crippen LogP contribution in [0.4, 0.5) is 5.82 Å². The molecule has 4 nitrogen and oxygen atoms in total. The molecule has 2 N–H and O–H groups in total. The van der Waals surface area contributed by atoms with Gasteiger partial charge in [-0.15, -0.1) is 6.42 Å². The maximum Gasteiger partial charge on any atom is 0.252 e. The molecule has 0 bridgehead atoms. The molecule has 0 aromatic carbocycles. The van der Waals surface area contributed by atoms with Gasteiger partial charge in [-0.05, 0) is 6.42 Å². The molecule has 0 aliphatic heterocycles. The minimum absolute atomic E-state index is 0.0747. The quantitative estimate of drug-likeness (QED) is 0.664. The molecule has 1 rings (SSSR count). The van der Waals surface area contributed by atoms with E-state index in [1.807, 2.05) is 6.92 Å². The summed E-state index contributed by atoms with van der Waals surface area (Å²) in [6, 6.07) is 1.30.